The lowest BCUT2D eigenvalue weighted by molar-refractivity contribution is 0.262. The van der Waals surface area contributed by atoms with Crippen LogP contribution in [0.2, 0.25) is 0 Å². The molecular weight excluding hydrogens is 352 g/mol. The lowest BCUT2D eigenvalue weighted by Gasteiger charge is -2.31. The van der Waals surface area contributed by atoms with Crippen molar-refractivity contribution in [1.29, 1.82) is 0 Å². The fourth-order valence-corrected chi connectivity index (χ4v) is 4.55. The number of methoxy groups -OCH3 is 2. The quantitative estimate of drug-likeness (QED) is 0.787. The summed E-state index contributed by atoms with van der Waals surface area (Å²) in [6, 6.07) is 4.86. The normalized spacial score (nSPS) is 16.5. The van der Waals surface area contributed by atoms with E-state index < -0.39 is 10.0 Å². The van der Waals surface area contributed by atoms with E-state index in [-0.39, 0.29) is 17.3 Å². The highest BCUT2D eigenvalue weighted by Gasteiger charge is 2.31. The van der Waals surface area contributed by atoms with Crippen molar-refractivity contribution >= 4 is 22.4 Å². The second-order valence-corrected chi connectivity index (χ2v) is 7.66. The van der Waals surface area contributed by atoms with Crippen molar-refractivity contribution < 1.29 is 17.9 Å². The number of piperidine rings is 1. The van der Waals surface area contributed by atoms with Crippen LogP contribution in [0.3, 0.4) is 0 Å². The highest BCUT2D eigenvalue weighted by atomic mass is 35.5. The zero-order valence-corrected chi connectivity index (χ0v) is 16.1. The molecule has 1 fully saturated rings. The summed E-state index contributed by atoms with van der Waals surface area (Å²) in [6.07, 6.45) is 2.88. The largest absolute Gasteiger partial charge is 0.497 e. The van der Waals surface area contributed by atoms with Gasteiger partial charge in [0.25, 0.3) is 0 Å². The van der Waals surface area contributed by atoms with Crippen LogP contribution in [0.4, 0.5) is 0 Å². The monoisotopic (exact) mass is 378 g/mol. The molecule has 0 saturated carbocycles. The van der Waals surface area contributed by atoms with Crippen LogP contribution in [0.25, 0.3) is 0 Å². The average molecular weight is 379 g/mol. The summed E-state index contributed by atoms with van der Waals surface area (Å²) in [7, 11) is 1.37. The predicted molar refractivity (Wildman–Crippen MR) is 96.8 cm³/mol. The van der Waals surface area contributed by atoms with E-state index in [0.29, 0.717) is 30.5 Å². The minimum absolute atomic E-state index is 0. The van der Waals surface area contributed by atoms with Crippen LogP contribution in [-0.2, 0) is 10.0 Å². The van der Waals surface area contributed by atoms with Gasteiger partial charge in [-0.2, -0.15) is 4.31 Å². The van der Waals surface area contributed by atoms with Crippen LogP contribution in [0, 0.1) is 5.92 Å². The van der Waals surface area contributed by atoms with Crippen LogP contribution in [0.15, 0.2) is 23.1 Å². The molecule has 2 rings (SSSR count). The number of rotatable bonds is 7. The number of sulfonamides is 1. The van der Waals surface area contributed by atoms with Gasteiger partial charge in [0.1, 0.15) is 16.4 Å². The summed E-state index contributed by atoms with van der Waals surface area (Å²) in [6.45, 7) is 2.08. The van der Waals surface area contributed by atoms with Crippen LogP contribution in [0.5, 0.6) is 11.5 Å². The molecule has 1 aliphatic rings. The maximum Gasteiger partial charge on any atom is 0.246 e. The van der Waals surface area contributed by atoms with E-state index in [2.05, 4.69) is 5.32 Å². The molecule has 24 heavy (non-hydrogen) atoms. The third-order valence-corrected chi connectivity index (χ3v) is 6.28. The molecule has 1 N–H and O–H groups in total. The molecule has 0 bridgehead atoms. The van der Waals surface area contributed by atoms with Gasteiger partial charge in [0.2, 0.25) is 10.0 Å². The Bertz CT molecular complexity index is 617. The molecule has 1 aromatic rings. The second-order valence-electron chi connectivity index (χ2n) is 5.76. The first-order chi connectivity index (χ1) is 11.0. The van der Waals surface area contributed by atoms with Crippen molar-refractivity contribution in [3.05, 3.63) is 18.2 Å². The van der Waals surface area contributed by atoms with Crippen molar-refractivity contribution in [1.82, 2.24) is 9.62 Å². The zero-order valence-electron chi connectivity index (χ0n) is 14.4. The highest BCUT2D eigenvalue weighted by Crippen LogP contribution is 2.32. The lowest BCUT2D eigenvalue weighted by Crippen LogP contribution is -2.39. The minimum Gasteiger partial charge on any atom is -0.497 e. The van der Waals surface area contributed by atoms with Gasteiger partial charge >= 0.3 is 0 Å². The van der Waals surface area contributed by atoms with E-state index in [0.717, 1.165) is 25.8 Å². The van der Waals surface area contributed by atoms with Crippen LogP contribution >= 0.6 is 12.4 Å². The summed E-state index contributed by atoms with van der Waals surface area (Å²) in [5, 5.41) is 3.15. The third kappa shape index (κ3) is 4.75. The maximum atomic E-state index is 12.9. The average Bonchev–Trinajstić information content (AvgIpc) is 2.59. The molecule has 1 saturated heterocycles. The van der Waals surface area contributed by atoms with Gasteiger partial charge < -0.3 is 14.8 Å². The van der Waals surface area contributed by atoms with E-state index in [1.807, 2.05) is 7.05 Å². The molecule has 0 atom stereocenters. The van der Waals surface area contributed by atoms with E-state index in [4.69, 9.17) is 9.47 Å². The van der Waals surface area contributed by atoms with Crippen LogP contribution in [0.1, 0.15) is 19.3 Å². The molecule has 138 valence electrons. The van der Waals surface area contributed by atoms with Gasteiger partial charge in [0, 0.05) is 19.2 Å². The van der Waals surface area contributed by atoms with Crippen LogP contribution in [-0.4, -0.2) is 53.6 Å². The van der Waals surface area contributed by atoms with Gasteiger partial charge in [0.05, 0.1) is 14.2 Å². The van der Waals surface area contributed by atoms with Crippen molar-refractivity contribution in [2.45, 2.75) is 24.2 Å². The fourth-order valence-electron chi connectivity index (χ4n) is 2.91. The van der Waals surface area contributed by atoms with Gasteiger partial charge in [-0.1, -0.05) is 0 Å². The molecule has 0 spiro atoms. The topological polar surface area (TPSA) is 67.9 Å². The Morgan fingerprint density at radius 1 is 1.21 bits per heavy atom. The molecule has 0 radical (unpaired) electrons. The Hall–Kier alpha value is -1.02. The SMILES string of the molecule is CNCCC1CCN(S(=O)(=O)c2cc(OC)ccc2OC)CC1.Cl. The van der Waals surface area contributed by atoms with E-state index in [9.17, 15) is 8.42 Å². The molecule has 1 aromatic carbocycles. The Morgan fingerprint density at radius 2 is 1.88 bits per heavy atom. The van der Waals surface area contributed by atoms with E-state index in [1.165, 1.54) is 20.3 Å². The first kappa shape index (κ1) is 21.0. The number of benzene rings is 1. The summed E-state index contributed by atoms with van der Waals surface area (Å²) in [5.41, 5.74) is 0. The minimum atomic E-state index is -3.57. The van der Waals surface area contributed by atoms with Gasteiger partial charge in [-0.15, -0.1) is 12.4 Å². The molecule has 1 aliphatic heterocycles. The number of hydrogen-bond donors (Lipinski definition) is 1. The smallest absolute Gasteiger partial charge is 0.246 e. The summed E-state index contributed by atoms with van der Waals surface area (Å²) in [4.78, 5) is 0.174. The molecule has 8 heteroatoms. The maximum absolute atomic E-state index is 12.9. The van der Waals surface area contributed by atoms with Gasteiger partial charge in [0.15, 0.2) is 0 Å². The summed E-state index contributed by atoms with van der Waals surface area (Å²) >= 11 is 0. The lowest BCUT2D eigenvalue weighted by atomic mass is 9.95. The Balaban J connectivity index is 0.00000288. The van der Waals surface area contributed by atoms with Gasteiger partial charge in [-0.05, 0) is 50.9 Å². The van der Waals surface area contributed by atoms with Crippen LogP contribution < -0.4 is 14.8 Å². The first-order valence-corrected chi connectivity index (χ1v) is 9.33. The molecule has 6 nitrogen and oxygen atoms in total. The summed E-state index contributed by atoms with van der Waals surface area (Å²) < 4.78 is 37.8. The zero-order chi connectivity index (χ0) is 16.9. The molecule has 0 aliphatic carbocycles. The van der Waals surface area contributed by atoms with E-state index in [1.54, 1.807) is 16.4 Å². The highest BCUT2D eigenvalue weighted by molar-refractivity contribution is 7.89. The summed E-state index contributed by atoms with van der Waals surface area (Å²) in [5.74, 6) is 1.44. The van der Waals surface area contributed by atoms with Crippen molar-refractivity contribution in [2.24, 2.45) is 5.92 Å². The molecule has 0 aromatic heterocycles. The van der Waals surface area contributed by atoms with Gasteiger partial charge in [-0.25, -0.2) is 8.42 Å². The van der Waals surface area contributed by atoms with Crippen molar-refractivity contribution in [3.8, 4) is 11.5 Å². The fraction of sp³-hybridized carbons (Fsp3) is 0.625. The van der Waals surface area contributed by atoms with Crippen molar-refractivity contribution in [2.75, 3.05) is 40.9 Å². The third-order valence-electron chi connectivity index (χ3n) is 4.36. The molecule has 0 amide bonds. The Labute approximate surface area is 151 Å². The van der Waals surface area contributed by atoms with Gasteiger partial charge in [-0.3, -0.25) is 0 Å². The number of halogens is 1. The standard InChI is InChI=1S/C16H26N2O4S.ClH/c1-17-9-6-13-7-10-18(11-8-13)23(19,20)16-12-14(21-2)4-5-15(16)22-3;/h4-5,12-13,17H,6-11H2,1-3H3;1H. The number of ether oxygens (including phenoxy) is 2. The Kier molecular flexibility index (Phi) is 8.29. The van der Waals surface area contributed by atoms with E-state index >= 15 is 0 Å². The Morgan fingerprint density at radius 3 is 2.42 bits per heavy atom. The molecule has 1 heterocycles. The number of nitrogens with one attached hydrogen (secondary N) is 1. The predicted octanol–water partition coefficient (Wildman–Crippen LogP) is 2.14. The number of nitrogens with zero attached hydrogens (tertiary/aromatic N) is 1. The molecule has 0 unspecified atom stereocenters. The second kappa shape index (κ2) is 9.46. The first-order valence-electron chi connectivity index (χ1n) is 7.89. The molecular formula is C16H27ClN2O4S. The number of hydrogen-bond acceptors (Lipinski definition) is 5. The van der Waals surface area contributed by atoms with Crippen molar-refractivity contribution in [3.63, 3.8) is 0 Å².